The van der Waals surface area contributed by atoms with Crippen molar-refractivity contribution in [1.82, 2.24) is 0 Å². The first-order valence-electron chi connectivity index (χ1n) is 7.74. The van der Waals surface area contributed by atoms with E-state index in [0.29, 0.717) is 30.4 Å². The number of anilines is 1. The van der Waals surface area contributed by atoms with Gasteiger partial charge in [-0.3, -0.25) is 4.79 Å². The zero-order valence-electron chi connectivity index (χ0n) is 13.6. The molecule has 0 saturated carbocycles. The van der Waals surface area contributed by atoms with Crippen LogP contribution in [0.15, 0.2) is 41.8 Å². The van der Waals surface area contributed by atoms with Crippen molar-refractivity contribution in [2.24, 2.45) is 0 Å². The van der Waals surface area contributed by atoms with Gasteiger partial charge in [0, 0.05) is 22.7 Å². The van der Waals surface area contributed by atoms with Crippen molar-refractivity contribution in [1.29, 1.82) is 0 Å². The van der Waals surface area contributed by atoms with Crippen LogP contribution in [0.1, 0.15) is 11.8 Å². The van der Waals surface area contributed by atoms with Gasteiger partial charge in [0.15, 0.2) is 17.6 Å². The second kappa shape index (κ2) is 7.85. The molecule has 1 aromatic carbocycles. The van der Waals surface area contributed by atoms with Crippen LogP contribution in [0.3, 0.4) is 0 Å². The summed E-state index contributed by atoms with van der Waals surface area (Å²) in [4.78, 5) is 24.9. The number of hydrogen-bond donors (Lipinski definition) is 1. The number of ether oxygens (including phenoxy) is 3. The number of carbonyl (C=O) groups is 2. The van der Waals surface area contributed by atoms with E-state index >= 15 is 0 Å². The normalized spacial score (nSPS) is 14.1. The van der Waals surface area contributed by atoms with Gasteiger partial charge >= 0.3 is 5.97 Å². The lowest BCUT2D eigenvalue weighted by Gasteiger charge is -2.19. The maximum absolute atomic E-state index is 12.2. The minimum absolute atomic E-state index is 0.422. The molecule has 0 aliphatic carbocycles. The molecule has 0 spiro atoms. The molecule has 7 heteroatoms. The molecule has 0 unspecified atom stereocenters. The van der Waals surface area contributed by atoms with Crippen molar-refractivity contribution in [2.75, 3.05) is 18.5 Å². The Bertz CT molecular complexity index is 785. The Labute approximate surface area is 149 Å². The number of thiophene rings is 1. The Hall–Kier alpha value is -2.80. The van der Waals surface area contributed by atoms with Gasteiger partial charge < -0.3 is 19.5 Å². The maximum atomic E-state index is 12.2. The summed E-state index contributed by atoms with van der Waals surface area (Å²) < 4.78 is 16.0. The second-order valence-electron chi connectivity index (χ2n) is 5.28. The maximum Gasteiger partial charge on any atom is 0.331 e. The molecule has 1 aliphatic heterocycles. The topological polar surface area (TPSA) is 73.9 Å². The lowest BCUT2D eigenvalue weighted by Crippen LogP contribution is -2.29. The van der Waals surface area contributed by atoms with E-state index in [2.05, 4.69) is 5.32 Å². The van der Waals surface area contributed by atoms with Gasteiger partial charge in [0.05, 0.1) is 0 Å². The van der Waals surface area contributed by atoms with Crippen molar-refractivity contribution in [3.05, 3.63) is 46.7 Å². The van der Waals surface area contributed by atoms with E-state index in [1.165, 1.54) is 24.3 Å². The molecule has 25 heavy (non-hydrogen) atoms. The zero-order chi connectivity index (χ0) is 17.6. The van der Waals surface area contributed by atoms with Crippen LogP contribution in [-0.2, 0) is 14.3 Å². The smallest absolute Gasteiger partial charge is 0.331 e. The highest BCUT2D eigenvalue weighted by Gasteiger charge is 2.18. The van der Waals surface area contributed by atoms with Crippen molar-refractivity contribution in [3.63, 3.8) is 0 Å². The summed E-state index contributed by atoms with van der Waals surface area (Å²) in [6.07, 6.45) is 2.03. The molecule has 1 amide bonds. The first kappa shape index (κ1) is 17.0. The van der Waals surface area contributed by atoms with E-state index < -0.39 is 18.0 Å². The van der Waals surface area contributed by atoms with Crippen LogP contribution in [0.4, 0.5) is 5.69 Å². The molecule has 2 heterocycles. The van der Waals surface area contributed by atoms with Crippen LogP contribution >= 0.6 is 11.3 Å². The molecule has 130 valence electrons. The van der Waals surface area contributed by atoms with Crippen molar-refractivity contribution in [3.8, 4) is 11.5 Å². The van der Waals surface area contributed by atoms with E-state index in [1.54, 1.807) is 24.3 Å². The molecule has 1 N–H and O–H groups in total. The van der Waals surface area contributed by atoms with Crippen LogP contribution in [-0.4, -0.2) is 31.2 Å². The summed E-state index contributed by atoms with van der Waals surface area (Å²) in [7, 11) is 0. The van der Waals surface area contributed by atoms with Crippen LogP contribution in [0.2, 0.25) is 0 Å². The van der Waals surface area contributed by atoms with E-state index in [0.717, 1.165) is 4.88 Å². The van der Waals surface area contributed by atoms with Gasteiger partial charge in [-0.2, -0.15) is 0 Å². The van der Waals surface area contributed by atoms with E-state index in [4.69, 9.17) is 14.2 Å². The van der Waals surface area contributed by atoms with Gasteiger partial charge in [-0.05, 0) is 36.6 Å². The first-order chi connectivity index (χ1) is 12.1. The molecule has 2 aromatic rings. The van der Waals surface area contributed by atoms with Crippen LogP contribution in [0, 0.1) is 0 Å². The van der Waals surface area contributed by atoms with Crippen LogP contribution in [0.25, 0.3) is 6.08 Å². The summed E-state index contributed by atoms with van der Waals surface area (Å²) in [5, 5.41) is 4.60. The molecule has 1 atom stereocenters. The highest BCUT2D eigenvalue weighted by molar-refractivity contribution is 7.10. The zero-order valence-corrected chi connectivity index (χ0v) is 14.4. The number of carbonyl (C=O) groups excluding carboxylic acids is 2. The highest BCUT2D eigenvalue weighted by Crippen LogP contribution is 2.32. The third-order valence-electron chi connectivity index (χ3n) is 3.40. The lowest BCUT2D eigenvalue weighted by atomic mass is 10.2. The molecule has 0 fully saturated rings. The molecule has 6 nitrogen and oxygen atoms in total. The highest BCUT2D eigenvalue weighted by atomic mass is 32.1. The van der Waals surface area contributed by atoms with Gasteiger partial charge in [-0.1, -0.05) is 6.07 Å². The number of benzene rings is 1. The van der Waals surface area contributed by atoms with Crippen molar-refractivity contribution in [2.45, 2.75) is 13.0 Å². The second-order valence-corrected chi connectivity index (χ2v) is 6.25. The monoisotopic (exact) mass is 359 g/mol. The standard InChI is InChI=1S/C18H17NO5S/c1-12(24-17(20)7-5-14-3-2-10-25-14)18(21)19-13-4-6-15-16(11-13)23-9-8-22-15/h2-7,10-12H,8-9H2,1H3,(H,19,21)/b7-5+/t12-/m1/s1. The molecular formula is C18H17NO5S. The predicted molar refractivity (Wildman–Crippen MR) is 95.0 cm³/mol. The Morgan fingerprint density at radius 3 is 2.80 bits per heavy atom. The summed E-state index contributed by atoms with van der Waals surface area (Å²) in [6, 6.07) is 8.88. The number of rotatable bonds is 5. The Kier molecular flexibility index (Phi) is 5.35. The number of esters is 1. The molecule has 0 saturated heterocycles. The lowest BCUT2D eigenvalue weighted by molar-refractivity contribution is -0.148. The third kappa shape index (κ3) is 4.60. The predicted octanol–water partition coefficient (Wildman–Crippen LogP) is 3.10. The minimum atomic E-state index is -0.923. The van der Waals surface area contributed by atoms with E-state index in [-0.39, 0.29) is 0 Å². The van der Waals surface area contributed by atoms with Crippen LogP contribution in [0.5, 0.6) is 11.5 Å². The number of fused-ring (bicyclic) bond motifs is 1. The van der Waals surface area contributed by atoms with Crippen molar-refractivity contribution < 1.29 is 23.8 Å². The SMILES string of the molecule is C[C@@H](OC(=O)/C=C/c1cccs1)C(=O)Nc1ccc2c(c1)OCCO2. The summed E-state index contributed by atoms with van der Waals surface area (Å²) in [5.74, 6) is 0.225. The fraction of sp³-hybridized carbons (Fsp3) is 0.222. The Balaban J connectivity index is 1.54. The molecule has 3 rings (SSSR count). The van der Waals surface area contributed by atoms with E-state index in [9.17, 15) is 9.59 Å². The minimum Gasteiger partial charge on any atom is -0.486 e. The van der Waals surface area contributed by atoms with Gasteiger partial charge in [0.1, 0.15) is 13.2 Å². The van der Waals surface area contributed by atoms with Gasteiger partial charge in [-0.25, -0.2) is 4.79 Å². The van der Waals surface area contributed by atoms with Crippen molar-refractivity contribution >= 4 is 35.0 Å². The number of nitrogens with one attached hydrogen (secondary N) is 1. The average Bonchev–Trinajstić information content (AvgIpc) is 3.13. The fourth-order valence-electron chi connectivity index (χ4n) is 2.17. The average molecular weight is 359 g/mol. The fourth-order valence-corrected chi connectivity index (χ4v) is 2.79. The van der Waals surface area contributed by atoms with Crippen LogP contribution < -0.4 is 14.8 Å². The largest absolute Gasteiger partial charge is 0.486 e. The molecule has 0 radical (unpaired) electrons. The molecule has 1 aromatic heterocycles. The van der Waals surface area contributed by atoms with Gasteiger partial charge in [0.2, 0.25) is 0 Å². The number of amides is 1. The summed E-state index contributed by atoms with van der Waals surface area (Å²) in [6.45, 7) is 2.49. The third-order valence-corrected chi connectivity index (χ3v) is 4.24. The van der Waals surface area contributed by atoms with E-state index in [1.807, 2.05) is 17.5 Å². The quantitative estimate of drug-likeness (QED) is 0.656. The molecule has 1 aliphatic rings. The molecular weight excluding hydrogens is 342 g/mol. The first-order valence-corrected chi connectivity index (χ1v) is 8.62. The number of hydrogen-bond acceptors (Lipinski definition) is 6. The van der Waals surface area contributed by atoms with Gasteiger partial charge in [0.25, 0.3) is 5.91 Å². The summed E-state index contributed by atoms with van der Waals surface area (Å²) >= 11 is 1.51. The Morgan fingerprint density at radius 1 is 1.24 bits per heavy atom. The Morgan fingerprint density at radius 2 is 2.04 bits per heavy atom. The summed E-state index contributed by atoms with van der Waals surface area (Å²) in [5.41, 5.74) is 0.547. The molecule has 0 bridgehead atoms. The van der Waals surface area contributed by atoms with Gasteiger partial charge in [-0.15, -0.1) is 11.3 Å².